The number of hydrogen-bond acceptors (Lipinski definition) is 5. The van der Waals surface area contributed by atoms with Gasteiger partial charge >= 0.3 is 0 Å². The molecule has 0 saturated carbocycles. The molecule has 2 aromatic heterocycles. The number of aliphatic hydroxyl groups excluding tert-OH is 1. The average Bonchev–Trinajstić information content (AvgIpc) is 3.00. The van der Waals surface area contributed by atoms with Gasteiger partial charge in [0.2, 0.25) is 5.76 Å². The van der Waals surface area contributed by atoms with Crippen LogP contribution < -0.4 is 11.1 Å². The summed E-state index contributed by atoms with van der Waals surface area (Å²) in [5.74, 6) is -1.22. The Bertz CT molecular complexity index is 847. The zero-order valence-corrected chi connectivity index (χ0v) is 14.6. The summed E-state index contributed by atoms with van der Waals surface area (Å²) in [5, 5.41) is 10.4. The monoisotopic (exact) mass is 347 g/mol. The van der Waals surface area contributed by atoms with Crippen LogP contribution in [0.1, 0.15) is 30.0 Å². The number of hydrogen-bond donors (Lipinski definition) is 3. The maximum Gasteiger partial charge on any atom is 0.286 e. The van der Waals surface area contributed by atoms with Crippen molar-refractivity contribution in [2.75, 3.05) is 12.4 Å². The van der Waals surface area contributed by atoms with Crippen molar-refractivity contribution in [3.05, 3.63) is 53.8 Å². The van der Waals surface area contributed by atoms with Gasteiger partial charge in [0.15, 0.2) is 0 Å². The molecule has 0 bridgehead atoms. The second-order valence-corrected chi connectivity index (χ2v) is 4.65. The molecule has 6 nitrogen and oxygen atoms in total. The molecular weight excluding hydrogens is 325 g/mol. The number of carbonyl (C=O) groups is 1. The summed E-state index contributed by atoms with van der Waals surface area (Å²) in [5.41, 5.74) is 7.10. The van der Waals surface area contributed by atoms with Crippen LogP contribution in [0.5, 0.6) is 0 Å². The lowest BCUT2D eigenvalue weighted by Gasteiger charge is -2.07. The highest BCUT2D eigenvalue weighted by atomic mass is 19.1. The van der Waals surface area contributed by atoms with Crippen LogP contribution in [0.25, 0.3) is 11.0 Å². The summed E-state index contributed by atoms with van der Waals surface area (Å²) < 4.78 is 19.3. The predicted octanol–water partition coefficient (Wildman–Crippen LogP) is 3.75. The van der Waals surface area contributed by atoms with Gasteiger partial charge in [0.05, 0.1) is 11.1 Å². The van der Waals surface area contributed by atoms with Crippen molar-refractivity contribution in [1.82, 2.24) is 4.98 Å². The molecule has 3 aromatic rings. The molecule has 1 amide bonds. The summed E-state index contributed by atoms with van der Waals surface area (Å²) in [6, 6.07) is 6.35. The second-order valence-electron chi connectivity index (χ2n) is 4.65. The van der Waals surface area contributed by atoms with Crippen LogP contribution in [0.15, 0.2) is 41.1 Å². The van der Waals surface area contributed by atoms with E-state index < -0.39 is 11.7 Å². The zero-order chi connectivity index (χ0) is 19.0. The molecular formula is C18H22FN3O3. The number of aliphatic hydroxyl groups is 1. The van der Waals surface area contributed by atoms with Gasteiger partial charge in [-0.05, 0) is 30.7 Å². The molecule has 0 unspecified atom stereocenters. The summed E-state index contributed by atoms with van der Waals surface area (Å²) in [7, 11) is 1.00. The molecule has 7 heteroatoms. The summed E-state index contributed by atoms with van der Waals surface area (Å²) in [4.78, 5) is 15.5. The van der Waals surface area contributed by atoms with Crippen LogP contribution in [0.3, 0.4) is 0 Å². The first kappa shape index (κ1) is 20.1. The first-order chi connectivity index (χ1) is 12.1. The van der Waals surface area contributed by atoms with E-state index in [2.05, 4.69) is 10.3 Å². The van der Waals surface area contributed by atoms with Crippen molar-refractivity contribution in [2.24, 2.45) is 5.73 Å². The number of nitrogens with two attached hydrogens (primary N) is 1. The number of anilines is 2. The Balaban J connectivity index is 0.000000730. The molecule has 0 radical (unpaired) electrons. The lowest BCUT2D eigenvalue weighted by atomic mass is 10.2. The van der Waals surface area contributed by atoms with Crippen molar-refractivity contribution in [1.29, 1.82) is 0 Å². The van der Waals surface area contributed by atoms with E-state index in [1.54, 1.807) is 25.1 Å². The molecule has 0 aliphatic heterocycles. The summed E-state index contributed by atoms with van der Waals surface area (Å²) in [6.07, 6.45) is 3.06. The van der Waals surface area contributed by atoms with E-state index in [9.17, 15) is 9.18 Å². The number of fused-ring (bicyclic) bond motifs is 1. The van der Waals surface area contributed by atoms with E-state index in [0.29, 0.717) is 16.7 Å². The minimum Gasteiger partial charge on any atom is -0.448 e. The average molecular weight is 347 g/mol. The number of furan rings is 1. The Hall–Kier alpha value is -2.93. The fraction of sp³-hybridized carbons (Fsp3) is 0.222. The van der Waals surface area contributed by atoms with Gasteiger partial charge in [-0.3, -0.25) is 9.78 Å². The fourth-order valence-corrected chi connectivity index (χ4v) is 2.10. The third kappa shape index (κ3) is 4.54. The van der Waals surface area contributed by atoms with Gasteiger partial charge < -0.3 is 20.6 Å². The number of primary amides is 1. The molecule has 3 rings (SSSR count). The van der Waals surface area contributed by atoms with Gasteiger partial charge in [-0.25, -0.2) is 4.39 Å². The van der Waals surface area contributed by atoms with Crippen LogP contribution in [-0.4, -0.2) is 23.1 Å². The van der Waals surface area contributed by atoms with Crippen LogP contribution in [0, 0.1) is 12.7 Å². The highest BCUT2D eigenvalue weighted by molar-refractivity contribution is 6.06. The SMILES string of the molecule is CC.CO.Cc1ccc(Nc2c(C(N)=O)oc3ccncc23)c(F)c1. The summed E-state index contributed by atoms with van der Waals surface area (Å²) in [6.45, 7) is 5.79. The van der Waals surface area contributed by atoms with Crippen molar-refractivity contribution in [3.63, 3.8) is 0 Å². The Morgan fingerprint density at radius 1 is 1.28 bits per heavy atom. The molecule has 25 heavy (non-hydrogen) atoms. The number of nitrogens with one attached hydrogen (secondary N) is 1. The molecule has 0 aliphatic rings. The predicted molar refractivity (Wildman–Crippen MR) is 96.4 cm³/mol. The number of nitrogens with zero attached hydrogens (tertiary/aromatic N) is 1. The number of pyridine rings is 1. The molecule has 0 atom stereocenters. The maximum absolute atomic E-state index is 14.0. The van der Waals surface area contributed by atoms with Gasteiger partial charge in [-0.1, -0.05) is 19.9 Å². The van der Waals surface area contributed by atoms with E-state index in [-0.39, 0.29) is 11.4 Å². The van der Waals surface area contributed by atoms with Crippen LogP contribution in [0.4, 0.5) is 15.8 Å². The molecule has 0 aliphatic carbocycles. The number of amides is 1. The molecule has 4 N–H and O–H groups in total. The van der Waals surface area contributed by atoms with Crippen molar-refractivity contribution >= 4 is 28.3 Å². The Morgan fingerprint density at radius 3 is 2.56 bits per heavy atom. The van der Waals surface area contributed by atoms with E-state index in [4.69, 9.17) is 15.3 Å². The highest BCUT2D eigenvalue weighted by Crippen LogP contribution is 2.33. The minimum atomic E-state index is -0.735. The summed E-state index contributed by atoms with van der Waals surface area (Å²) >= 11 is 0. The number of aryl methyl sites for hydroxylation is 1. The lowest BCUT2D eigenvalue weighted by Crippen LogP contribution is -2.11. The lowest BCUT2D eigenvalue weighted by molar-refractivity contribution is 0.0977. The normalized spacial score (nSPS) is 9.52. The third-order valence-corrected chi connectivity index (χ3v) is 3.10. The van der Waals surface area contributed by atoms with Gasteiger partial charge in [0.1, 0.15) is 17.1 Å². The number of aromatic nitrogens is 1. The molecule has 0 fully saturated rings. The van der Waals surface area contributed by atoms with E-state index in [1.165, 1.54) is 18.5 Å². The first-order valence-electron chi connectivity index (χ1n) is 7.70. The highest BCUT2D eigenvalue weighted by Gasteiger charge is 2.19. The topological polar surface area (TPSA) is 101 Å². The Morgan fingerprint density at radius 2 is 1.96 bits per heavy atom. The van der Waals surface area contributed by atoms with Crippen LogP contribution >= 0.6 is 0 Å². The number of rotatable bonds is 3. The number of benzene rings is 1. The smallest absolute Gasteiger partial charge is 0.286 e. The van der Waals surface area contributed by atoms with E-state index in [1.807, 2.05) is 13.8 Å². The minimum absolute atomic E-state index is 0.0574. The van der Waals surface area contributed by atoms with Crippen molar-refractivity contribution in [2.45, 2.75) is 20.8 Å². The van der Waals surface area contributed by atoms with Gasteiger partial charge in [0, 0.05) is 19.5 Å². The van der Waals surface area contributed by atoms with Crippen LogP contribution in [-0.2, 0) is 0 Å². The Labute approximate surface area is 145 Å². The zero-order valence-electron chi connectivity index (χ0n) is 14.6. The van der Waals surface area contributed by atoms with Crippen molar-refractivity contribution < 1.29 is 18.7 Å². The largest absolute Gasteiger partial charge is 0.448 e. The molecule has 1 aromatic carbocycles. The molecule has 134 valence electrons. The van der Waals surface area contributed by atoms with Gasteiger partial charge in [-0.2, -0.15) is 0 Å². The number of halogens is 1. The molecule has 0 spiro atoms. The molecule has 0 saturated heterocycles. The van der Waals surface area contributed by atoms with Gasteiger partial charge in [0.25, 0.3) is 5.91 Å². The van der Waals surface area contributed by atoms with E-state index >= 15 is 0 Å². The maximum atomic E-state index is 14.0. The van der Waals surface area contributed by atoms with Crippen LogP contribution in [0.2, 0.25) is 0 Å². The quantitative estimate of drug-likeness (QED) is 0.670. The Kier molecular flexibility index (Phi) is 7.55. The van der Waals surface area contributed by atoms with Crippen molar-refractivity contribution in [3.8, 4) is 0 Å². The molecule has 2 heterocycles. The number of carbonyl (C=O) groups excluding carboxylic acids is 1. The third-order valence-electron chi connectivity index (χ3n) is 3.10. The van der Waals surface area contributed by atoms with Gasteiger partial charge in [-0.15, -0.1) is 0 Å². The first-order valence-corrected chi connectivity index (χ1v) is 7.70. The second kappa shape index (κ2) is 9.39. The standard InChI is InChI=1S/C15H12FN3O2.C2H6.CH4O/c1-8-2-3-11(10(16)6-8)19-13-9-7-18-5-4-12(9)21-14(13)15(17)20;2*1-2/h2-7,19H,1H3,(H2,17,20);1-2H3;2H,1H3. The van der Waals surface area contributed by atoms with E-state index in [0.717, 1.165) is 12.7 Å². The fourth-order valence-electron chi connectivity index (χ4n) is 2.10.